The highest BCUT2D eigenvalue weighted by Gasteiger charge is 2.22. The minimum Gasteiger partial charge on any atom is -0.291 e. The van der Waals surface area contributed by atoms with Gasteiger partial charge in [-0.1, -0.05) is 35.9 Å². The second-order valence-electron chi connectivity index (χ2n) is 3.81. The van der Waals surface area contributed by atoms with Crippen molar-refractivity contribution in [1.82, 2.24) is 0 Å². The van der Waals surface area contributed by atoms with Gasteiger partial charge in [0.1, 0.15) is 5.92 Å². The molecule has 0 amide bonds. The molecule has 3 heteroatoms. The molecule has 0 aliphatic heterocycles. The lowest BCUT2D eigenvalue weighted by atomic mass is 9.94. The Bertz CT molecular complexity index is 549. The molecule has 0 radical (unpaired) electrons. The number of Topliss-reactive ketones (excluding diaryl/α,β-unsaturated/α-hetero) is 1. The summed E-state index contributed by atoms with van der Waals surface area (Å²) in [5.41, 5.74) is 1.88. The van der Waals surface area contributed by atoms with E-state index in [0.717, 1.165) is 11.1 Å². The molecule has 0 aliphatic rings. The standard InChI is InChI=1S/C14H11NOS/c1-10-4-6-11(7-5-10)12(9-15)14(16)13-3-2-8-17-13/h2-8,12H,1H3. The third kappa shape index (κ3) is 2.43. The molecule has 0 saturated carbocycles. The van der Waals surface area contributed by atoms with Gasteiger partial charge in [0.05, 0.1) is 10.9 Å². The van der Waals surface area contributed by atoms with E-state index in [9.17, 15) is 4.79 Å². The first kappa shape index (κ1) is 11.6. The van der Waals surface area contributed by atoms with E-state index in [1.54, 1.807) is 6.07 Å². The molecule has 1 aromatic carbocycles. The SMILES string of the molecule is Cc1ccc(C(C#N)C(=O)c2cccs2)cc1. The number of hydrogen-bond acceptors (Lipinski definition) is 3. The third-order valence-corrected chi connectivity index (χ3v) is 3.45. The van der Waals surface area contributed by atoms with Gasteiger partial charge in [-0.3, -0.25) is 4.79 Å². The van der Waals surface area contributed by atoms with Crippen LogP contribution in [0.3, 0.4) is 0 Å². The molecule has 0 spiro atoms. The van der Waals surface area contributed by atoms with Gasteiger partial charge >= 0.3 is 0 Å². The minimum absolute atomic E-state index is 0.119. The zero-order valence-corrected chi connectivity index (χ0v) is 10.2. The topological polar surface area (TPSA) is 40.9 Å². The summed E-state index contributed by atoms with van der Waals surface area (Å²) in [7, 11) is 0. The van der Waals surface area contributed by atoms with Crippen LogP contribution in [0.5, 0.6) is 0 Å². The van der Waals surface area contributed by atoms with Crippen molar-refractivity contribution in [3.8, 4) is 6.07 Å². The fraction of sp³-hybridized carbons (Fsp3) is 0.143. The van der Waals surface area contributed by atoms with Crippen LogP contribution in [0.15, 0.2) is 41.8 Å². The maximum Gasteiger partial charge on any atom is 0.194 e. The van der Waals surface area contributed by atoms with Gasteiger partial charge in [0.25, 0.3) is 0 Å². The molecular formula is C14H11NOS. The van der Waals surface area contributed by atoms with E-state index in [2.05, 4.69) is 6.07 Å². The maximum atomic E-state index is 12.1. The Morgan fingerprint density at radius 1 is 1.29 bits per heavy atom. The van der Waals surface area contributed by atoms with Crippen molar-refractivity contribution in [1.29, 1.82) is 5.26 Å². The fourth-order valence-corrected chi connectivity index (χ4v) is 2.30. The number of benzene rings is 1. The van der Waals surface area contributed by atoms with Crippen LogP contribution in [0.2, 0.25) is 0 Å². The molecule has 0 bridgehead atoms. The first-order valence-electron chi connectivity index (χ1n) is 5.26. The van der Waals surface area contributed by atoms with Gasteiger partial charge in [-0.05, 0) is 23.9 Å². The first-order chi connectivity index (χ1) is 8.22. The molecule has 0 fully saturated rings. The molecule has 1 atom stereocenters. The number of ketones is 1. The summed E-state index contributed by atoms with van der Waals surface area (Å²) in [6, 6.07) is 13.2. The second-order valence-corrected chi connectivity index (χ2v) is 4.76. The smallest absolute Gasteiger partial charge is 0.194 e. The average molecular weight is 241 g/mol. The number of nitrogens with zero attached hydrogens (tertiary/aromatic N) is 1. The molecule has 0 aliphatic carbocycles. The molecule has 1 unspecified atom stereocenters. The average Bonchev–Trinajstić information content (AvgIpc) is 2.86. The molecule has 1 heterocycles. The predicted octanol–water partition coefficient (Wildman–Crippen LogP) is 3.55. The second kappa shape index (κ2) is 4.94. The Balaban J connectivity index is 2.32. The van der Waals surface area contributed by atoms with Gasteiger partial charge in [-0.2, -0.15) is 5.26 Å². The molecule has 2 rings (SSSR count). The lowest BCUT2D eigenvalue weighted by Crippen LogP contribution is -2.09. The Kier molecular flexibility index (Phi) is 3.36. The summed E-state index contributed by atoms with van der Waals surface area (Å²) in [5, 5.41) is 11.0. The van der Waals surface area contributed by atoms with Gasteiger partial charge in [-0.25, -0.2) is 0 Å². The van der Waals surface area contributed by atoms with E-state index < -0.39 is 5.92 Å². The predicted molar refractivity (Wildman–Crippen MR) is 68.2 cm³/mol. The van der Waals surface area contributed by atoms with Crippen molar-refractivity contribution in [2.45, 2.75) is 12.8 Å². The van der Waals surface area contributed by atoms with Crippen LogP contribution in [0.25, 0.3) is 0 Å². The van der Waals surface area contributed by atoms with Gasteiger partial charge in [-0.15, -0.1) is 11.3 Å². The summed E-state index contributed by atoms with van der Waals surface area (Å²) < 4.78 is 0. The van der Waals surface area contributed by atoms with E-state index >= 15 is 0 Å². The molecule has 0 saturated heterocycles. The Hall–Kier alpha value is -1.92. The molecule has 84 valence electrons. The number of aryl methyl sites for hydroxylation is 1. The van der Waals surface area contributed by atoms with Gasteiger partial charge < -0.3 is 0 Å². The Morgan fingerprint density at radius 3 is 2.53 bits per heavy atom. The van der Waals surface area contributed by atoms with Crippen LogP contribution in [0.1, 0.15) is 26.7 Å². The summed E-state index contributed by atoms with van der Waals surface area (Å²) in [6.45, 7) is 1.98. The summed E-state index contributed by atoms with van der Waals surface area (Å²) in [6.07, 6.45) is 0. The van der Waals surface area contributed by atoms with Crippen molar-refractivity contribution in [3.05, 3.63) is 57.8 Å². The number of nitriles is 1. The number of hydrogen-bond donors (Lipinski definition) is 0. The van der Waals surface area contributed by atoms with Crippen molar-refractivity contribution in [2.75, 3.05) is 0 Å². The van der Waals surface area contributed by atoms with Gasteiger partial charge in [0.15, 0.2) is 5.78 Å². The Labute approximate surface area is 104 Å². The molecule has 2 nitrogen and oxygen atoms in total. The van der Waals surface area contributed by atoms with Crippen LogP contribution in [0.4, 0.5) is 0 Å². The molecular weight excluding hydrogens is 230 g/mol. The monoisotopic (exact) mass is 241 g/mol. The van der Waals surface area contributed by atoms with Crippen molar-refractivity contribution in [2.24, 2.45) is 0 Å². The third-order valence-electron chi connectivity index (χ3n) is 2.57. The maximum absolute atomic E-state index is 12.1. The molecule has 1 aromatic heterocycles. The van der Waals surface area contributed by atoms with Gasteiger partial charge in [0.2, 0.25) is 0 Å². The normalized spacial score (nSPS) is 11.8. The number of thiophene rings is 1. The van der Waals surface area contributed by atoms with Crippen LogP contribution in [-0.4, -0.2) is 5.78 Å². The highest BCUT2D eigenvalue weighted by Crippen LogP contribution is 2.23. The van der Waals surface area contributed by atoms with Crippen LogP contribution in [0, 0.1) is 18.3 Å². The summed E-state index contributed by atoms with van der Waals surface area (Å²) in [5.74, 6) is -0.819. The van der Waals surface area contributed by atoms with Crippen molar-refractivity contribution < 1.29 is 4.79 Å². The van der Waals surface area contributed by atoms with Crippen molar-refractivity contribution >= 4 is 17.1 Å². The molecule has 2 aromatic rings. The number of rotatable bonds is 3. The van der Waals surface area contributed by atoms with Crippen LogP contribution < -0.4 is 0 Å². The zero-order chi connectivity index (χ0) is 12.3. The van der Waals surface area contributed by atoms with E-state index in [4.69, 9.17) is 5.26 Å². The molecule has 0 N–H and O–H groups in total. The number of carbonyl (C=O) groups excluding carboxylic acids is 1. The van der Waals surface area contributed by atoms with E-state index in [1.807, 2.05) is 42.6 Å². The zero-order valence-electron chi connectivity index (χ0n) is 9.38. The van der Waals surface area contributed by atoms with E-state index in [-0.39, 0.29) is 5.78 Å². The largest absolute Gasteiger partial charge is 0.291 e. The van der Waals surface area contributed by atoms with Gasteiger partial charge in [0, 0.05) is 0 Å². The highest BCUT2D eigenvalue weighted by atomic mass is 32.1. The quantitative estimate of drug-likeness (QED) is 0.771. The lowest BCUT2D eigenvalue weighted by molar-refractivity contribution is 0.0983. The minimum atomic E-state index is -0.700. The van der Waals surface area contributed by atoms with Crippen LogP contribution in [-0.2, 0) is 0 Å². The molecule has 17 heavy (non-hydrogen) atoms. The summed E-state index contributed by atoms with van der Waals surface area (Å²) in [4.78, 5) is 12.7. The highest BCUT2D eigenvalue weighted by molar-refractivity contribution is 7.12. The van der Waals surface area contributed by atoms with Crippen molar-refractivity contribution in [3.63, 3.8) is 0 Å². The number of carbonyl (C=O) groups is 1. The first-order valence-corrected chi connectivity index (χ1v) is 6.14. The van der Waals surface area contributed by atoms with E-state index in [1.165, 1.54) is 11.3 Å². The fourth-order valence-electron chi connectivity index (χ4n) is 1.60. The summed E-state index contributed by atoms with van der Waals surface area (Å²) >= 11 is 1.37. The van der Waals surface area contributed by atoms with Crippen LogP contribution >= 0.6 is 11.3 Å². The lowest BCUT2D eigenvalue weighted by Gasteiger charge is -2.07. The Morgan fingerprint density at radius 2 is 2.00 bits per heavy atom. The van der Waals surface area contributed by atoms with E-state index in [0.29, 0.717) is 4.88 Å².